The van der Waals surface area contributed by atoms with Crippen LogP contribution in [-0.4, -0.2) is 11.5 Å². The van der Waals surface area contributed by atoms with E-state index in [1.165, 1.54) is 6.20 Å². The van der Waals surface area contributed by atoms with E-state index in [2.05, 4.69) is 10.3 Å². The molecule has 13 heavy (non-hydrogen) atoms. The Labute approximate surface area is 81.1 Å². The second-order valence-electron chi connectivity index (χ2n) is 3.25. The lowest BCUT2D eigenvalue weighted by atomic mass is 10.1. The highest BCUT2D eigenvalue weighted by Crippen LogP contribution is 2.21. The van der Waals surface area contributed by atoms with Gasteiger partial charge in [-0.05, 0) is 25.5 Å². The van der Waals surface area contributed by atoms with E-state index in [1.54, 1.807) is 6.07 Å². The fraction of sp³-hybridized carbons (Fsp3) is 0.444. The minimum absolute atomic E-state index is 0.0381. The Morgan fingerprint density at radius 2 is 2.38 bits per heavy atom. The molecule has 1 unspecified atom stereocenters. The molecule has 1 saturated heterocycles. The van der Waals surface area contributed by atoms with Gasteiger partial charge in [-0.25, -0.2) is 0 Å². The molecular weight excluding hydrogens is 188 g/mol. The number of hydrogen-bond acceptors (Lipinski definition) is 2. The van der Waals surface area contributed by atoms with Gasteiger partial charge >= 0.3 is 0 Å². The first-order valence-electron chi connectivity index (χ1n) is 4.39. The van der Waals surface area contributed by atoms with Crippen molar-refractivity contribution in [2.45, 2.75) is 18.9 Å². The third-order valence-corrected chi connectivity index (χ3v) is 2.55. The van der Waals surface area contributed by atoms with Gasteiger partial charge in [-0.3, -0.25) is 4.79 Å². The highest BCUT2D eigenvalue weighted by Gasteiger charge is 2.18. The predicted molar refractivity (Wildman–Crippen MR) is 52.1 cm³/mol. The summed E-state index contributed by atoms with van der Waals surface area (Å²) >= 11 is 5.80. The normalized spacial score (nSPS) is 22.1. The molecule has 0 saturated carbocycles. The molecule has 0 bridgehead atoms. The Morgan fingerprint density at radius 3 is 3.08 bits per heavy atom. The van der Waals surface area contributed by atoms with Crippen LogP contribution >= 0.6 is 11.6 Å². The van der Waals surface area contributed by atoms with Crippen LogP contribution in [0.1, 0.15) is 24.4 Å². The Morgan fingerprint density at radius 1 is 1.54 bits per heavy atom. The SMILES string of the molecule is O=c1[nH]cc(Cl)cc1C1CCCN1. The van der Waals surface area contributed by atoms with E-state index in [0.717, 1.165) is 24.9 Å². The van der Waals surface area contributed by atoms with Gasteiger partial charge in [0.05, 0.1) is 5.02 Å². The summed E-state index contributed by atoms with van der Waals surface area (Å²) in [6, 6.07) is 1.92. The molecule has 70 valence electrons. The second-order valence-corrected chi connectivity index (χ2v) is 3.69. The lowest BCUT2D eigenvalue weighted by Crippen LogP contribution is -2.22. The standard InChI is InChI=1S/C9H11ClN2O/c10-6-4-7(9(13)12-5-6)8-2-1-3-11-8/h4-5,8,11H,1-3H2,(H,12,13). The van der Waals surface area contributed by atoms with Crippen molar-refractivity contribution in [3.8, 4) is 0 Å². The van der Waals surface area contributed by atoms with E-state index in [-0.39, 0.29) is 11.6 Å². The minimum Gasteiger partial charge on any atom is -0.327 e. The van der Waals surface area contributed by atoms with E-state index in [9.17, 15) is 4.79 Å². The molecule has 0 radical (unpaired) electrons. The van der Waals surface area contributed by atoms with Crippen molar-refractivity contribution in [1.82, 2.24) is 10.3 Å². The quantitative estimate of drug-likeness (QED) is 0.718. The first-order chi connectivity index (χ1) is 6.27. The average molecular weight is 199 g/mol. The summed E-state index contributed by atoms with van der Waals surface area (Å²) in [5.41, 5.74) is 0.716. The van der Waals surface area contributed by atoms with Gasteiger partial charge in [-0.1, -0.05) is 11.6 Å². The fourth-order valence-corrected chi connectivity index (χ4v) is 1.85. The topological polar surface area (TPSA) is 44.9 Å². The number of halogens is 1. The van der Waals surface area contributed by atoms with E-state index in [0.29, 0.717) is 5.02 Å². The highest BCUT2D eigenvalue weighted by atomic mass is 35.5. The van der Waals surface area contributed by atoms with Crippen molar-refractivity contribution in [2.75, 3.05) is 6.54 Å². The monoisotopic (exact) mass is 198 g/mol. The van der Waals surface area contributed by atoms with Crippen LogP contribution in [0.5, 0.6) is 0 Å². The molecule has 4 heteroatoms. The molecule has 0 amide bonds. The summed E-state index contributed by atoms with van der Waals surface area (Å²) in [5, 5.41) is 3.85. The minimum atomic E-state index is -0.0381. The predicted octanol–water partition coefficient (Wildman–Crippen LogP) is 1.45. The van der Waals surface area contributed by atoms with Crippen molar-refractivity contribution in [2.24, 2.45) is 0 Å². The van der Waals surface area contributed by atoms with Crippen LogP contribution in [-0.2, 0) is 0 Å². The van der Waals surface area contributed by atoms with E-state index in [4.69, 9.17) is 11.6 Å². The third kappa shape index (κ3) is 1.76. The molecule has 3 nitrogen and oxygen atoms in total. The smallest absolute Gasteiger partial charge is 0.252 e. The molecule has 0 aromatic carbocycles. The van der Waals surface area contributed by atoms with Crippen molar-refractivity contribution in [3.05, 3.63) is 33.2 Å². The maximum Gasteiger partial charge on any atom is 0.252 e. The van der Waals surface area contributed by atoms with E-state index >= 15 is 0 Å². The molecule has 2 rings (SSSR count). The molecule has 1 fully saturated rings. The van der Waals surface area contributed by atoms with Gasteiger partial charge in [-0.2, -0.15) is 0 Å². The number of pyridine rings is 1. The van der Waals surface area contributed by atoms with Crippen LogP contribution in [0.2, 0.25) is 5.02 Å². The lowest BCUT2D eigenvalue weighted by Gasteiger charge is -2.08. The van der Waals surface area contributed by atoms with E-state index in [1.807, 2.05) is 0 Å². The number of hydrogen-bond donors (Lipinski definition) is 2. The molecule has 0 spiro atoms. The highest BCUT2D eigenvalue weighted by molar-refractivity contribution is 6.30. The average Bonchev–Trinajstić information content (AvgIpc) is 2.61. The van der Waals surface area contributed by atoms with Crippen molar-refractivity contribution >= 4 is 11.6 Å². The van der Waals surface area contributed by atoms with Crippen LogP contribution in [0.3, 0.4) is 0 Å². The first-order valence-corrected chi connectivity index (χ1v) is 4.76. The van der Waals surface area contributed by atoms with Crippen LogP contribution in [0.15, 0.2) is 17.1 Å². The summed E-state index contributed by atoms with van der Waals surface area (Å²) in [6.07, 6.45) is 3.66. The summed E-state index contributed by atoms with van der Waals surface area (Å²) in [6.45, 7) is 0.983. The van der Waals surface area contributed by atoms with Crippen molar-refractivity contribution in [3.63, 3.8) is 0 Å². The lowest BCUT2D eigenvalue weighted by molar-refractivity contribution is 0.639. The summed E-state index contributed by atoms with van der Waals surface area (Å²) in [7, 11) is 0. The van der Waals surface area contributed by atoms with Crippen LogP contribution in [0.4, 0.5) is 0 Å². The second kappa shape index (κ2) is 3.52. The van der Waals surface area contributed by atoms with Gasteiger partial charge in [0.2, 0.25) is 0 Å². The number of aromatic nitrogens is 1. The van der Waals surface area contributed by atoms with Crippen LogP contribution in [0.25, 0.3) is 0 Å². The Hall–Kier alpha value is -0.800. The molecule has 1 aliphatic rings. The summed E-state index contributed by atoms with van der Waals surface area (Å²) in [5.74, 6) is 0. The zero-order valence-corrected chi connectivity index (χ0v) is 7.90. The molecule has 2 N–H and O–H groups in total. The maximum atomic E-state index is 11.4. The summed E-state index contributed by atoms with van der Waals surface area (Å²) < 4.78 is 0. The third-order valence-electron chi connectivity index (χ3n) is 2.33. The van der Waals surface area contributed by atoms with Crippen LogP contribution in [0, 0.1) is 0 Å². The molecule has 0 aliphatic carbocycles. The van der Waals surface area contributed by atoms with E-state index < -0.39 is 0 Å². The number of nitrogens with one attached hydrogen (secondary N) is 2. The van der Waals surface area contributed by atoms with Crippen molar-refractivity contribution in [1.29, 1.82) is 0 Å². The molecule has 2 heterocycles. The van der Waals surface area contributed by atoms with Gasteiger partial charge in [0.15, 0.2) is 0 Å². The number of rotatable bonds is 1. The molecule has 1 aromatic rings. The molecular formula is C9H11ClN2O. The maximum absolute atomic E-state index is 11.4. The van der Waals surface area contributed by atoms with Gasteiger partial charge in [0.1, 0.15) is 0 Å². The van der Waals surface area contributed by atoms with Crippen LogP contribution < -0.4 is 10.9 Å². The number of H-pyrrole nitrogens is 1. The Kier molecular flexibility index (Phi) is 2.38. The Balaban J connectivity index is 2.37. The van der Waals surface area contributed by atoms with Crippen molar-refractivity contribution < 1.29 is 0 Å². The molecule has 1 aromatic heterocycles. The number of aromatic amines is 1. The van der Waals surface area contributed by atoms with Gasteiger partial charge in [0.25, 0.3) is 5.56 Å². The fourth-order valence-electron chi connectivity index (χ4n) is 1.68. The zero-order valence-electron chi connectivity index (χ0n) is 7.14. The largest absolute Gasteiger partial charge is 0.327 e. The Bertz CT molecular complexity index is 355. The first kappa shape index (κ1) is 8.78. The van der Waals surface area contributed by atoms with Gasteiger partial charge < -0.3 is 10.3 Å². The van der Waals surface area contributed by atoms with Gasteiger partial charge in [-0.15, -0.1) is 0 Å². The molecule has 1 atom stereocenters. The van der Waals surface area contributed by atoms with Gasteiger partial charge in [0, 0.05) is 17.8 Å². The molecule has 1 aliphatic heterocycles. The summed E-state index contributed by atoms with van der Waals surface area (Å²) in [4.78, 5) is 14.0. The zero-order chi connectivity index (χ0) is 9.26.